The predicted molar refractivity (Wildman–Crippen MR) is 142 cm³/mol. The summed E-state index contributed by atoms with van der Waals surface area (Å²) in [6, 6.07) is 10.5. The molecule has 1 aliphatic heterocycles. The Bertz CT molecular complexity index is 1420. The van der Waals surface area contributed by atoms with Crippen LogP contribution in [-0.4, -0.2) is 26.2 Å². The van der Waals surface area contributed by atoms with E-state index in [-0.39, 0.29) is 28.6 Å². The standard InChI is InChI=1S/C30H34F3N5O/c1-4-19-14-29(15-19,27-36-35-18-37(27)3)21-7-5-8-22(13-21)38-17-24-23(26(38)39)11-20(12-25(24)30(31,32)33)16-34-28(2)9-6-10-28/h5,7-8,11-13,18-19,34H,4,6,9-10,14-17H2,1-3H3. The summed E-state index contributed by atoms with van der Waals surface area (Å²) in [5, 5.41) is 11.9. The molecular formula is C30H34F3N5O. The van der Waals surface area contributed by atoms with Crippen molar-refractivity contribution in [2.75, 3.05) is 4.90 Å². The minimum Gasteiger partial charge on any atom is -0.320 e. The molecule has 0 unspecified atom stereocenters. The number of halogens is 3. The van der Waals surface area contributed by atoms with Gasteiger partial charge in [0, 0.05) is 30.4 Å². The Morgan fingerprint density at radius 2 is 1.92 bits per heavy atom. The second kappa shape index (κ2) is 9.18. The number of alkyl halides is 3. The first-order chi connectivity index (χ1) is 18.5. The maximum Gasteiger partial charge on any atom is 0.416 e. The molecule has 0 saturated heterocycles. The van der Waals surface area contributed by atoms with E-state index in [1.54, 1.807) is 18.5 Å². The highest BCUT2D eigenvalue weighted by molar-refractivity contribution is 6.10. The number of amides is 1. The molecule has 0 spiro atoms. The monoisotopic (exact) mass is 537 g/mol. The first kappa shape index (κ1) is 26.0. The summed E-state index contributed by atoms with van der Waals surface area (Å²) in [6.45, 7) is 4.46. The molecule has 2 fully saturated rings. The number of anilines is 1. The van der Waals surface area contributed by atoms with Gasteiger partial charge in [-0.05, 0) is 85.9 Å². The summed E-state index contributed by atoms with van der Waals surface area (Å²) in [6.07, 6.45) is 3.17. The van der Waals surface area contributed by atoms with E-state index in [1.807, 2.05) is 29.8 Å². The zero-order valence-electron chi connectivity index (χ0n) is 22.6. The molecule has 0 radical (unpaired) electrons. The number of hydrogen-bond donors (Lipinski definition) is 1. The van der Waals surface area contributed by atoms with E-state index in [2.05, 4.69) is 29.4 Å². The quantitative estimate of drug-likeness (QED) is 0.394. The molecule has 2 heterocycles. The summed E-state index contributed by atoms with van der Waals surface area (Å²) in [5.41, 5.74) is 1.19. The van der Waals surface area contributed by atoms with Gasteiger partial charge in [-0.2, -0.15) is 13.2 Å². The molecule has 6 nitrogen and oxygen atoms in total. The second-order valence-electron chi connectivity index (χ2n) is 11.9. The van der Waals surface area contributed by atoms with E-state index < -0.39 is 17.6 Å². The Kier molecular flexibility index (Phi) is 6.13. The average molecular weight is 538 g/mol. The van der Waals surface area contributed by atoms with Gasteiger partial charge in [-0.15, -0.1) is 10.2 Å². The van der Waals surface area contributed by atoms with Crippen LogP contribution in [0, 0.1) is 5.92 Å². The molecule has 6 rings (SSSR count). The number of carbonyl (C=O) groups is 1. The van der Waals surface area contributed by atoms with E-state index in [4.69, 9.17) is 0 Å². The van der Waals surface area contributed by atoms with Crippen molar-refractivity contribution in [2.24, 2.45) is 13.0 Å². The number of benzene rings is 2. The van der Waals surface area contributed by atoms with Gasteiger partial charge in [0.25, 0.3) is 5.91 Å². The van der Waals surface area contributed by atoms with Crippen molar-refractivity contribution in [3.63, 3.8) is 0 Å². The van der Waals surface area contributed by atoms with Gasteiger partial charge in [0.05, 0.1) is 17.5 Å². The molecule has 3 aromatic rings. The van der Waals surface area contributed by atoms with Gasteiger partial charge in [-0.25, -0.2) is 0 Å². The third kappa shape index (κ3) is 4.35. The Morgan fingerprint density at radius 1 is 1.15 bits per heavy atom. The summed E-state index contributed by atoms with van der Waals surface area (Å²) in [7, 11) is 1.93. The number of nitrogens with zero attached hydrogens (tertiary/aromatic N) is 4. The van der Waals surface area contributed by atoms with E-state index >= 15 is 0 Å². The fraction of sp³-hybridized carbons (Fsp3) is 0.500. The molecule has 2 saturated carbocycles. The van der Waals surface area contributed by atoms with Crippen LogP contribution in [0.5, 0.6) is 0 Å². The molecule has 2 aromatic carbocycles. The van der Waals surface area contributed by atoms with Crippen LogP contribution >= 0.6 is 0 Å². The van der Waals surface area contributed by atoms with Crippen molar-refractivity contribution in [2.45, 2.75) is 82.6 Å². The summed E-state index contributed by atoms with van der Waals surface area (Å²) < 4.78 is 44.5. The zero-order chi connectivity index (χ0) is 27.6. The van der Waals surface area contributed by atoms with Crippen LogP contribution in [0.15, 0.2) is 42.7 Å². The lowest BCUT2D eigenvalue weighted by molar-refractivity contribution is -0.138. The Hall–Kier alpha value is -3.20. The Labute approximate surface area is 226 Å². The fourth-order valence-corrected chi connectivity index (χ4v) is 6.68. The lowest BCUT2D eigenvalue weighted by Crippen LogP contribution is -2.47. The molecule has 0 bridgehead atoms. The maximum atomic E-state index is 14.2. The van der Waals surface area contributed by atoms with Gasteiger partial charge >= 0.3 is 6.18 Å². The highest BCUT2D eigenvalue weighted by Crippen LogP contribution is 2.53. The molecule has 1 amide bonds. The van der Waals surface area contributed by atoms with Crippen LogP contribution in [-0.2, 0) is 31.7 Å². The lowest BCUT2D eigenvalue weighted by atomic mass is 9.57. The van der Waals surface area contributed by atoms with Gasteiger partial charge in [-0.3, -0.25) is 4.79 Å². The third-order valence-corrected chi connectivity index (χ3v) is 9.28. The number of aromatic nitrogens is 3. The predicted octanol–water partition coefficient (Wildman–Crippen LogP) is 6.13. The Morgan fingerprint density at radius 3 is 2.54 bits per heavy atom. The molecule has 3 aliphatic rings. The number of aryl methyl sites for hydroxylation is 1. The van der Waals surface area contributed by atoms with Crippen LogP contribution in [0.25, 0.3) is 0 Å². The minimum atomic E-state index is -4.55. The van der Waals surface area contributed by atoms with Gasteiger partial charge in [0.1, 0.15) is 12.2 Å². The molecular weight excluding hydrogens is 503 g/mol. The van der Waals surface area contributed by atoms with Gasteiger partial charge in [0.15, 0.2) is 0 Å². The van der Waals surface area contributed by atoms with E-state index in [0.29, 0.717) is 23.7 Å². The van der Waals surface area contributed by atoms with Crippen LogP contribution in [0.2, 0.25) is 0 Å². The SMILES string of the molecule is CCC1CC(c2cccc(N3Cc4c(cc(CNC5(C)CCC5)cc4C(F)(F)F)C3=O)c2)(c2nncn2C)C1. The molecule has 0 atom stereocenters. The van der Waals surface area contributed by atoms with Crippen LogP contribution in [0.3, 0.4) is 0 Å². The van der Waals surface area contributed by atoms with Crippen molar-refractivity contribution in [1.82, 2.24) is 20.1 Å². The van der Waals surface area contributed by atoms with E-state index in [0.717, 1.165) is 49.9 Å². The zero-order valence-corrected chi connectivity index (χ0v) is 22.6. The minimum absolute atomic E-state index is 0.0502. The van der Waals surface area contributed by atoms with Crippen LogP contribution in [0.1, 0.15) is 90.8 Å². The first-order valence-corrected chi connectivity index (χ1v) is 13.8. The van der Waals surface area contributed by atoms with Crippen LogP contribution < -0.4 is 10.2 Å². The van der Waals surface area contributed by atoms with Crippen molar-refractivity contribution in [3.05, 3.63) is 76.4 Å². The topological polar surface area (TPSA) is 63.1 Å². The van der Waals surface area contributed by atoms with Gasteiger partial charge in [0.2, 0.25) is 0 Å². The molecule has 1 aromatic heterocycles. The van der Waals surface area contributed by atoms with E-state index in [1.165, 1.54) is 11.0 Å². The van der Waals surface area contributed by atoms with Gasteiger partial charge < -0.3 is 14.8 Å². The fourth-order valence-electron chi connectivity index (χ4n) is 6.68. The van der Waals surface area contributed by atoms with Crippen LogP contribution in [0.4, 0.5) is 18.9 Å². The maximum absolute atomic E-state index is 14.2. The molecule has 39 heavy (non-hydrogen) atoms. The number of nitrogens with one attached hydrogen (secondary N) is 1. The van der Waals surface area contributed by atoms with Crippen molar-refractivity contribution < 1.29 is 18.0 Å². The summed E-state index contributed by atoms with van der Waals surface area (Å²) in [4.78, 5) is 15.1. The average Bonchev–Trinajstić information content (AvgIpc) is 3.44. The van der Waals surface area contributed by atoms with Crippen molar-refractivity contribution in [1.29, 1.82) is 0 Å². The first-order valence-electron chi connectivity index (χ1n) is 13.8. The third-order valence-electron chi connectivity index (χ3n) is 9.28. The smallest absolute Gasteiger partial charge is 0.320 e. The highest BCUT2D eigenvalue weighted by Gasteiger charge is 2.49. The number of carbonyl (C=O) groups excluding carboxylic acids is 1. The molecule has 9 heteroatoms. The molecule has 206 valence electrons. The van der Waals surface area contributed by atoms with E-state index in [9.17, 15) is 18.0 Å². The molecule has 2 aliphatic carbocycles. The number of rotatable bonds is 7. The Balaban J connectivity index is 1.34. The largest absolute Gasteiger partial charge is 0.416 e. The summed E-state index contributed by atoms with van der Waals surface area (Å²) in [5.74, 6) is 1.04. The molecule has 1 N–H and O–H groups in total. The summed E-state index contributed by atoms with van der Waals surface area (Å²) >= 11 is 0. The highest BCUT2D eigenvalue weighted by atomic mass is 19.4. The van der Waals surface area contributed by atoms with Crippen molar-refractivity contribution in [3.8, 4) is 0 Å². The number of fused-ring (bicyclic) bond motifs is 1. The normalized spacial score (nSPS) is 23.9. The lowest BCUT2D eigenvalue weighted by Gasteiger charge is -2.47. The van der Waals surface area contributed by atoms with Crippen molar-refractivity contribution >= 4 is 11.6 Å². The second-order valence-corrected chi connectivity index (χ2v) is 11.9. The van der Waals surface area contributed by atoms with Gasteiger partial charge in [-0.1, -0.05) is 25.5 Å². The number of hydrogen-bond acceptors (Lipinski definition) is 4.